The molecule has 1 aliphatic rings. The van der Waals surface area contributed by atoms with Crippen molar-refractivity contribution in [3.05, 3.63) is 63.0 Å². The first-order chi connectivity index (χ1) is 10.6. The Morgan fingerprint density at radius 3 is 2.77 bits per heavy atom. The topological polar surface area (TPSA) is 43.7 Å². The number of rotatable bonds is 3. The Labute approximate surface area is 142 Å². The Hall–Kier alpha value is -1.43. The number of aromatic hydroxyl groups is 2. The molecule has 2 aromatic carbocycles. The standard InChI is InChI=1S/C17H16BrNO2S/c18-14-3-1-2-13(6-14)9-19-10-15(22-11-19)7-12-4-5-16(20)17(21)8-12/h1-8,20-21H,9-11H2/b15-7-. The molecule has 0 aromatic heterocycles. The Bertz CT molecular complexity index is 718. The SMILES string of the molecule is Oc1ccc(/C=C2/CN(Cc3cccc(Br)c3)CS2)cc1O. The summed E-state index contributed by atoms with van der Waals surface area (Å²) >= 11 is 5.31. The fourth-order valence-corrected chi connectivity index (χ4v) is 3.86. The zero-order chi connectivity index (χ0) is 15.5. The van der Waals surface area contributed by atoms with Crippen molar-refractivity contribution in [1.29, 1.82) is 0 Å². The average molecular weight is 378 g/mol. The van der Waals surface area contributed by atoms with Gasteiger partial charge in [0.15, 0.2) is 11.5 Å². The maximum absolute atomic E-state index is 9.55. The van der Waals surface area contributed by atoms with Crippen molar-refractivity contribution in [3.63, 3.8) is 0 Å². The van der Waals surface area contributed by atoms with Crippen LogP contribution in [0.2, 0.25) is 0 Å². The van der Waals surface area contributed by atoms with E-state index >= 15 is 0 Å². The van der Waals surface area contributed by atoms with E-state index in [0.29, 0.717) is 0 Å². The molecular formula is C17H16BrNO2S. The molecule has 0 spiro atoms. The molecule has 0 atom stereocenters. The molecule has 2 N–H and O–H groups in total. The molecule has 22 heavy (non-hydrogen) atoms. The van der Waals surface area contributed by atoms with Gasteiger partial charge in [-0.3, -0.25) is 4.90 Å². The van der Waals surface area contributed by atoms with Crippen molar-refractivity contribution in [1.82, 2.24) is 4.90 Å². The van der Waals surface area contributed by atoms with E-state index in [9.17, 15) is 10.2 Å². The molecule has 0 unspecified atom stereocenters. The highest BCUT2D eigenvalue weighted by Crippen LogP contribution is 2.32. The van der Waals surface area contributed by atoms with Gasteiger partial charge in [0.1, 0.15) is 0 Å². The Kier molecular flexibility index (Phi) is 4.76. The molecule has 114 valence electrons. The van der Waals surface area contributed by atoms with Crippen LogP contribution in [0.15, 0.2) is 51.8 Å². The maximum atomic E-state index is 9.55. The molecular weight excluding hydrogens is 362 g/mol. The van der Waals surface area contributed by atoms with Crippen molar-refractivity contribution in [3.8, 4) is 11.5 Å². The van der Waals surface area contributed by atoms with E-state index in [1.54, 1.807) is 12.1 Å². The number of phenols is 2. The monoisotopic (exact) mass is 377 g/mol. The number of thioether (sulfide) groups is 1. The largest absolute Gasteiger partial charge is 0.504 e. The highest BCUT2D eigenvalue weighted by Gasteiger charge is 2.17. The molecule has 5 heteroatoms. The summed E-state index contributed by atoms with van der Waals surface area (Å²) in [4.78, 5) is 3.64. The van der Waals surface area contributed by atoms with Gasteiger partial charge < -0.3 is 10.2 Å². The maximum Gasteiger partial charge on any atom is 0.157 e. The van der Waals surface area contributed by atoms with Gasteiger partial charge in [-0.1, -0.05) is 34.1 Å². The smallest absolute Gasteiger partial charge is 0.157 e. The quantitative estimate of drug-likeness (QED) is 0.777. The van der Waals surface area contributed by atoms with E-state index < -0.39 is 0 Å². The first-order valence-electron chi connectivity index (χ1n) is 6.92. The zero-order valence-electron chi connectivity index (χ0n) is 11.9. The van der Waals surface area contributed by atoms with Gasteiger partial charge in [0.05, 0.1) is 0 Å². The summed E-state index contributed by atoms with van der Waals surface area (Å²) in [6.07, 6.45) is 2.06. The molecule has 1 heterocycles. The lowest BCUT2D eigenvalue weighted by Crippen LogP contribution is -2.18. The molecule has 1 saturated heterocycles. The lowest BCUT2D eigenvalue weighted by atomic mass is 10.2. The van der Waals surface area contributed by atoms with Gasteiger partial charge in [-0.2, -0.15) is 0 Å². The Balaban J connectivity index is 1.66. The third-order valence-electron chi connectivity index (χ3n) is 3.43. The number of hydrogen-bond acceptors (Lipinski definition) is 4. The van der Waals surface area contributed by atoms with Crippen LogP contribution in [0.4, 0.5) is 0 Å². The summed E-state index contributed by atoms with van der Waals surface area (Å²) in [5.41, 5.74) is 2.20. The molecule has 0 radical (unpaired) electrons. The first-order valence-corrected chi connectivity index (χ1v) is 8.70. The zero-order valence-corrected chi connectivity index (χ0v) is 14.3. The molecule has 1 fully saturated rings. The molecule has 3 rings (SSSR count). The van der Waals surface area contributed by atoms with Crippen molar-refractivity contribution in [2.45, 2.75) is 6.54 Å². The van der Waals surface area contributed by atoms with E-state index in [1.165, 1.54) is 16.5 Å². The molecule has 0 bridgehead atoms. The third kappa shape index (κ3) is 3.85. The van der Waals surface area contributed by atoms with Crippen LogP contribution >= 0.6 is 27.7 Å². The second-order valence-corrected chi connectivity index (χ2v) is 7.24. The molecule has 3 nitrogen and oxygen atoms in total. The second kappa shape index (κ2) is 6.77. The summed E-state index contributed by atoms with van der Waals surface area (Å²) in [5.74, 6) is 0.795. The van der Waals surface area contributed by atoms with Crippen molar-refractivity contribution >= 4 is 33.8 Å². The van der Waals surface area contributed by atoms with Crippen LogP contribution < -0.4 is 0 Å². The number of hydrogen-bond donors (Lipinski definition) is 2. The fraction of sp³-hybridized carbons (Fsp3) is 0.176. The van der Waals surface area contributed by atoms with Gasteiger partial charge in [-0.25, -0.2) is 0 Å². The normalized spacial score (nSPS) is 17.2. The number of phenolic OH excluding ortho intramolecular Hbond substituents is 2. The second-order valence-electron chi connectivity index (χ2n) is 5.25. The fourth-order valence-electron chi connectivity index (χ4n) is 2.38. The number of nitrogens with zero attached hydrogens (tertiary/aromatic N) is 1. The van der Waals surface area contributed by atoms with Crippen LogP contribution in [0.3, 0.4) is 0 Å². The summed E-state index contributed by atoms with van der Waals surface area (Å²) in [6.45, 7) is 1.82. The summed E-state index contributed by atoms with van der Waals surface area (Å²) in [5, 5.41) is 18.9. The molecule has 0 aliphatic carbocycles. The van der Waals surface area contributed by atoms with Crippen molar-refractivity contribution in [2.75, 3.05) is 12.4 Å². The molecule has 2 aromatic rings. The minimum Gasteiger partial charge on any atom is -0.504 e. The highest BCUT2D eigenvalue weighted by molar-refractivity contribution is 9.10. The minimum atomic E-state index is -0.0856. The van der Waals surface area contributed by atoms with Gasteiger partial charge >= 0.3 is 0 Å². The van der Waals surface area contributed by atoms with E-state index in [1.807, 2.05) is 17.8 Å². The summed E-state index contributed by atoms with van der Waals surface area (Å²) < 4.78 is 1.10. The van der Waals surface area contributed by atoms with Crippen LogP contribution in [-0.4, -0.2) is 27.5 Å². The van der Waals surface area contributed by atoms with E-state index in [4.69, 9.17) is 0 Å². The van der Waals surface area contributed by atoms with Crippen LogP contribution in [-0.2, 0) is 6.54 Å². The Morgan fingerprint density at radius 2 is 2.00 bits per heavy atom. The van der Waals surface area contributed by atoms with Gasteiger partial charge in [0.25, 0.3) is 0 Å². The predicted molar refractivity (Wildman–Crippen MR) is 94.8 cm³/mol. The third-order valence-corrected chi connectivity index (χ3v) is 5.04. The first kappa shape index (κ1) is 15.5. The van der Waals surface area contributed by atoms with Crippen LogP contribution in [0.25, 0.3) is 6.08 Å². The van der Waals surface area contributed by atoms with E-state index in [2.05, 4.69) is 45.1 Å². The molecule has 1 aliphatic heterocycles. The predicted octanol–water partition coefficient (Wildman–Crippen LogP) is 4.41. The molecule has 0 amide bonds. The van der Waals surface area contributed by atoms with Gasteiger partial charge in [0, 0.05) is 28.3 Å². The lowest BCUT2D eigenvalue weighted by molar-refractivity contribution is 0.358. The lowest BCUT2D eigenvalue weighted by Gasteiger charge is -2.13. The van der Waals surface area contributed by atoms with Crippen molar-refractivity contribution in [2.24, 2.45) is 0 Å². The average Bonchev–Trinajstić information content (AvgIpc) is 2.90. The van der Waals surface area contributed by atoms with Gasteiger partial charge in [-0.05, 0) is 41.5 Å². The van der Waals surface area contributed by atoms with Crippen LogP contribution in [0, 0.1) is 0 Å². The van der Waals surface area contributed by atoms with E-state index in [-0.39, 0.29) is 11.5 Å². The van der Waals surface area contributed by atoms with Gasteiger partial charge in [0.2, 0.25) is 0 Å². The van der Waals surface area contributed by atoms with Crippen LogP contribution in [0.5, 0.6) is 11.5 Å². The highest BCUT2D eigenvalue weighted by atomic mass is 79.9. The number of halogens is 1. The van der Waals surface area contributed by atoms with Crippen molar-refractivity contribution < 1.29 is 10.2 Å². The number of benzene rings is 2. The van der Waals surface area contributed by atoms with Gasteiger partial charge in [-0.15, -0.1) is 11.8 Å². The minimum absolute atomic E-state index is 0.0802. The summed E-state index contributed by atoms with van der Waals surface area (Å²) in [7, 11) is 0. The van der Waals surface area contributed by atoms with Crippen LogP contribution in [0.1, 0.15) is 11.1 Å². The Morgan fingerprint density at radius 1 is 1.14 bits per heavy atom. The summed E-state index contributed by atoms with van der Waals surface area (Å²) in [6, 6.07) is 13.3. The van der Waals surface area contributed by atoms with E-state index in [0.717, 1.165) is 29.0 Å². The molecule has 0 saturated carbocycles.